The zero-order valence-electron chi connectivity index (χ0n) is 12.9. The molecule has 4 rings (SSSR count). The molecule has 3 heteroatoms. The fourth-order valence-corrected chi connectivity index (χ4v) is 3.18. The molecule has 3 heterocycles. The molecule has 3 nitrogen and oxygen atoms in total. The van der Waals surface area contributed by atoms with E-state index in [1.807, 2.05) is 25.1 Å². The molecular weight excluding hydrogens is 272 g/mol. The number of rotatable bonds is 1. The van der Waals surface area contributed by atoms with E-state index in [0.29, 0.717) is 0 Å². The highest BCUT2D eigenvalue weighted by Gasteiger charge is 2.22. The van der Waals surface area contributed by atoms with Gasteiger partial charge in [-0.15, -0.1) is 0 Å². The molecule has 0 amide bonds. The molecule has 0 spiro atoms. The summed E-state index contributed by atoms with van der Waals surface area (Å²) < 4.78 is 8.19. The van der Waals surface area contributed by atoms with Crippen LogP contribution in [0.25, 0.3) is 33.2 Å². The van der Waals surface area contributed by atoms with Gasteiger partial charge in [-0.1, -0.05) is 18.2 Å². The SMILES string of the molecule is Cc1nc(C)c2oc3ccccc3c2c1-c1cccc[n+]1C. The maximum atomic E-state index is 6.07. The molecule has 0 unspecified atom stereocenters. The van der Waals surface area contributed by atoms with Gasteiger partial charge in [0.05, 0.1) is 17.0 Å². The van der Waals surface area contributed by atoms with Gasteiger partial charge in [0.15, 0.2) is 11.8 Å². The highest BCUT2D eigenvalue weighted by atomic mass is 16.3. The molecule has 0 bridgehead atoms. The number of hydrogen-bond donors (Lipinski definition) is 0. The zero-order chi connectivity index (χ0) is 15.3. The van der Waals surface area contributed by atoms with Crippen molar-refractivity contribution in [2.75, 3.05) is 0 Å². The predicted octanol–water partition coefficient (Wildman–Crippen LogP) is 4.09. The van der Waals surface area contributed by atoms with Crippen LogP contribution in [0.1, 0.15) is 11.4 Å². The fourth-order valence-electron chi connectivity index (χ4n) is 3.18. The first-order valence-corrected chi connectivity index (χ1v) is 7.40. The lowest BCUT2D eigenvalue weighted by molar-refractivity contribution is -0.660. The van der Waals surface area contributed by atoms with E-state index in [2.05, 4.69) is 49.0 Å². The minimum absolute atomic E-state index is 0.880. The van der Waals surface area contributed by atoms with Gasteiger partial charge in [-0.05, 0) is 26.0 Å². The van der Waals surface area contributed by atoms with Crippen LogP contribution >= 0.6 is 0 Å². The average molecular weight is 289 g/mol. The summed E-state index contributed by atoms with van der Waals surface area (Å²) in [5.74, 6) is 0. The second-order valence-electron chi connectivity index (χ2n) is 5.66. The summed E-state index contributed by atoms with van der Waals surface area (Å²) in [5, 5.41) is 2.30. The molecule has 108 valence electrons. The average Bonchev–Trinajstić information content (AvgIpc) is 2.89. The van der Waals surface area contributed by atoms with E-state index in [1.165, 1.54) is 0 Å². The van der Waals surface area contributed by atoms with E-state index >= 15 is 0 Å². The molecule has 0 aliphatic rings. The van der Waals surface area contributed by atoms with Crippen molar-refractivity contribution in [2.24, 2.45) is 7.05 Å². The van der Waals surface area contributed by atoms with Crippen LogP contribution < -0.4 is 4.57 Å². The summed E-state index contributed by atoms with van der Waals surface area (Å²) in [6, 6.07) is 14.4. The van der Waals surface area contributed by atoms with Gasteiger partial charge >= 0.3 is 0 Å². The van der Waals surface area contributed by atoms with E-state index in [-0.39, 0.29) is 0 Å². The van der Waals surface area contributed by atoms with Crippen molar-refractivity contribution >= 4 is 21.9 Å². The van der Waals surface area contributed by atoms with Crippen LogP contribution in [0.5, 0.6) is 0 Å². The lowest BCUT2D eigenvalue weighted by atomic mass is 10.0. The number of aryl methyl sites for hydroxylation is 3. The van der Waals surface area contributed by atoms with Gasteiger partial charge < -0.3 is 4.42 Å². The van der Waals surface area contributed by atoms with E-state index in [4.69, 9.17) is 9.40 Å². The van der Waals surface area contributed by atoms with Gasteiger partial charge in [0, 0.05) is 22.9 Å². The molecular formula is C19H17N2O+. The van der Waals surface area contributed by atoms with Crippen LogP contribution in [0, 0.1) is 13.8 Å². The molecule has 3 aromatic heterocycles. The second kappa shape index (κ2) is 4.67. The third kappa shape index (κ3) is 1.75. The Morgan fingerprint density at radius 1 is 0.955 bits per heavy atom. The molecule has 4 aromatic rings. The fraction of sp³-hybridized carbons (Fsp3) is 0.158. The normalized spacial score (nSPS) is 11.4. The maximum Gasteiger partial charge on any atom is 0.214 e. The molecule has 0 aliphatic carbocycles. The van der Waals surface area contributed by atoms with Crippen LogP contribution in [0.15, 0.2) is 53.1 Å². The molecule has 0 radical (unpaired) electrons. The van der Waals surface area contributed by atoms with Crippen LogP contribution in [0.4, 0.5) is 0 Å². The number of furan rings is 1. The topological polar surface area (TPSA) is 29.9 Å². The van der Waals surface area contributed by atoms with Crippen molar-refractivity contribution in [2.45, 2.75) is 13.8 Å². The summed E-state index contributed by atoms with van der Waals surface area (Å²) in [4.78, 5) is 4.71. The maximum absolute atomic E-state index is 6.07. The Bertz CT molecular complexity index is 1010. The standard InChI is InChI=1S/C19H17N2O/c1-12-17(15-9-6-7-11-21(15)3)18-14-8-4-5-10-16(14)22-19(18)13(2)20-12/h4-11H,1-3H3/q+1. The number of pyridine rings is 2. The van der Waals surface area contributed by atoms with Crippen molar-refractivity contribution in [3.8, 4) is 11.3 Å². The quantitative estimate of drug-likeness (QED) is 0.494. The molecule has 0 saturated heterocycles. The summed E-state index contributed by atoms with van der Waals surface area (Å²) in [6.07, 6.45) is 2.06. The number of nitrogens with zero attached hydrogens (tertiary/aromatic N) is 2. The van der Waals surface area contributed by atoms with Gasteiger partial charge in [-0.3, -0.25) is 4.98 Å². The number of fused-ring (bicyclic) bond motifs is 3. The number of benzene rings is 1. The van der Waals surface area contributed by atoms with Crippen LogP contribution in [0.2, 0.25) is 0 Å². The Hall–Kier alpha value is -2.68. The molecule has 22 heavy (non-hydrogen) atoms. The highest BCUT2D eigenvalue weighted by Crippen LogP contribution is 2.37. The third-order valence-electron chi connectivity index (χ3n) is 4.18. The first-order chi connectivity index (χ1) is 10.7. The first kappa shape index (κ1) is 13.0. The lowest BCUT2D eigenvalue weighted by Gasteiger charge is -2.07. The van der Waals surface area contributed by atoms with E-state index < -0.39 is 0 Å². The summed E-state index contributed by atoms with van der Waals surface area (Å²) >= 11 is 0. The van der Waals surface area contributed by atoms with Crippen molar-refractivity contribution < 1.29 is 8.98 Å². The predicted molar refractivity (Wildman–Crippen MR) is 87.6 cm³/mol. The van der Waals surface area contributed by atoms with Gasteiger partial charge in [-0.2, -0.15) is 0 Å². The highest BCUT2D eigenvalue weighted by molar-refractivity contribution is 6.12. The third-order valence-corrected chi connectivity index (χ3v) is 4.18. The minimum atomic E-state index is 0.880. The summed E-state index contributed by atoms with van der Waals surface area (Å²) in [5.41, 5.74) is 6.04. The van der Waals surface area contributed by atoms with Crippen molar-refractivity contribution in [3.63, 3.8) is 0 Å². The Kier molecular flexibility index (Phi) is 2.76. The second-order valence-corrected chi connectivity index (χ2v) is 5.66. The molecule has 0 atom stereocenters. The van der Waals surface area contributed by atoms with Gasteiger partial charge in [0.25, 0.3) is 0 Å². The number of hydrogen-bond acceptors (Lipinski definition) is 2. The van der Waals surface area contributed by atoms with Crippen molar-refractivity contribution in [1.29, 1.82) is 0 Å². The van der Waals surface area contributed by atoms with Crippen LogP contribution in [-0.2, 0) is 7.05 Å². The Balaban J connectivity index is 2.25. The number of para-hydroxylation sites is 1. The first-order valence-electron chi connectivity index (χ1n) is 7.40. The van der Waals surface area contributed by atoms with Crippen molar-refractivity contribution in [1.82, 2.24) is 4.98 Å². The summed E-state index contributed by atoms with van der Waals surface area (Å²) in [7, 11) is 2.06. The molecule has 1 aromatic carbocycles. The minimum Gasteiger partial charge on any atom is -0.454 e. The molecule has 0 N–H and O–H groups in total. The Morgan fingerprint density at radius 2 is 1.73 bits per heavy atom. The zero-order valence-corrected chi connectivity index (χ0v) is 12.9. The lowest BCUT2D eigenvalue weighted by Crippen LogP contribution is -2.30. The van der Waals surface area contributed by atoms with E-state index in [0.717, 1.165) is 44.6 Å². The molecule has 0 saturated carbocycles. The van der Waals surface area contributed by atoms with Crippen LogP contribution in [0.3, 0.4) is 0 Å². The monoisotopic (exact) mass is 289 g/mol. The Morgan fingerprint density at radius 3 is 2.55 bits per heavy atom. The van der Waals surface area contributed by atoms with Crippen LogP contribution in [-0.4, -0.2) is 4.98 Å². The molecule has 0 fully saturated rings. The van der Waals surface area contributed by atoms with Gasteiger partial charge in [0.1, 0.15) is 12.6 Å². The van der Waals surface area contributed by atoms with E-state index in [9.17, 15) is 0 Å². The smallest absolute Gasteiger partial charge is 0.214 e. The van der Waals surface area contributed by atoms with Gasteiger partial charge in [-0.25, -0.2) is 4.57 Å². The largest absolute Gasteiger partial charge is 0.454 e. The summed E-state index contributed by atoms with van der Waals surface area (Å²) in [6.45, 7) is 4.07. The Labute approximate surface area is 128 Å². The van der Waals surface area contributed by atoms with Crippen molar-refractivity contribution in [3.05, 3.63) is 60.0 Å². The van der Waals surface area contributed by atoms with Gasteiger partial charge in [0.2, 0.25) is 5.69 Å². The van der Waals surface area contributed by atoms with E-state index in [1.54, 1.807) is 0 Å². The number of aromatic nitrogens is 2. The molecule has 0 aliphatic heterocycles.